The number of H-pyrrole nitrogens is 1. The van der Waals surface area contributed by atoms with Gasteiger partial charge in [-0.2, -0.15) is 0 Å². The molecule has 4 heteroatoms. The van der Waals surface area contributed by atoms with Gasteiger partial charge in [-0.1, -0.05) is 23.7 Å². The van der Waals surface area contributed by atoms with Crippen LogP contribution in [-0.2, 0) is 0 Å². The highest BCUT2D eigenvalue weighted by atomic mass is 35.5. The molecule has 0 aliphatic carbocycles. The summed E-state index contributed by atoms with van der Waals surface area (Å²) in [6.07, 6.45) is 4.76. The van der Waals surface area contributed by atoms with E-state index in [0.717, 1.165) is 10.5 Å². The molecule has 0 spiro atoms. The number of aromatic amines is 1. The molecule has 1 aromatic carbocycles. The Hall–Kier alpha value is -1.29. The molecule has 4 rings (SSSR count). The normalized spacial score (nSPS) is 17.6. The van der Waals surface area contributed by atoms with Gasteiger partial charge in [0.15, 0.2) is 0 Å². The van der Waals surface area contributed by atoms with Gasteiger partial charge in [-0.05, 0) is 55.1 Å². The maximum absolute atomic E-state index is 6.11. The molecule has 1 N–H and O–H groups in total. The first-order chi connectivity index (χ1) is 10.3. The molecule has 1 aliphatic heterocycles. The predicted molar refractivity (Wildman–Crippen MR) is 90.3 cm³/mol. The number of hydrogen-bond acceptors (Lipinski definition) is 2. The quantitative estimate of drug-likeness (QED) is 0.715. The van der Waals surface area contributed by atoms with E-state index in [1.54, 1.807) is 0 Å². The fraction of sp³-hybridized carbons (Fsp3) is 0.294. The lowest BCUT2D eigenvalue weighted by atomic mass is 10.0. The lowest BCUT2D eigenvalue weighted by molar-refractivity contribution is 0.286. The molecule has 0 radical (unpaired) electrons. The number of halogens is 1. The van der Waals surface area contributed by atoms with Gasteiger partial charge < -0.3 is 4.98 Å². The molecule has 0 saturated carbocycles. The maximum Gasteiger partial charge on any atom is 0.0716 e. The first-order valence-electron chi connectivity index (χ1n) is 7.37. The van der Waals surface area contributed by atoms with Crippen LogP contribution in [0.5, 0.6) is 0 Å². The molecule has 1 fully saturated rings. The highest BCUT2D eigenvalue weighted by Crippen LogP contribution is 2.38. The summed E-state index contributed by atoms with van der Waals surface area (Å²) in [5.41, 5.74) is 2.49. The number of nitrogens with zero attached hydrogens (tertiary/aromatic N) is 1. The molecular weight excluding hydrogens is 300 g/mol. The molecule has 2 nitrogen and oxygen atoms in total. The van der Waals surface area contributed by atoms with Crippen molar-refractivity contribution in [1.29, 1.82) is 0 Å². The van der Waals surface area contributed by atoms with E-state index < -0.39 is 0 Å². The number of likely N-dealkylation sites (tertiary alicyclic amines) is 1. The number of benzene rings is 1. The first-order valence-corrected chi connectivity index (χ1v) is 8.63. The number of thiophene rings is 1. The van der Waals surface area contributed by atoms with Crippen molar-refractivity contribution in [3.63, 3.8) is 0 Å². The Morgan fingerprint density at radius 3 is 2.81 bits per heavy atom. The van der Waals surface area contributed by atoms with Crippen molar-refractivity contribution in [2.75, 3.05) is 13.1 Å². The van der Waals surface area contributed by atoms with Crippen molar-refractivity contribution in [3.05, 3.63) is 57.4 Å². The minimum atomic E-state index is 0.363. The molecule has 108 valence electrons. The van der Waals surface area contributed by atoms with Gasteiger partial charge in [-0.25, -0.2) is 0 Å². The number of fused-ring (bicyclic) bond motifs is 1. The van der Waals surface area contributed by atoms with Crippen molar-refractivity contribution in [3.8, 4) is 0 Å². The van der Waals surface area contributed by atoms with Crippen LogP contribution in [0.1, 0.15) is 29.3 Å². The molecule has 0 bridgehead atoms. The summed E-state index contributed by atoms with van der Waals surface area (Å²) >= 11 is 7.95. The Labute approximate surface area is 133 Å². The molecule has 3 heterocycles. The zero-order valence-corrected chi connectivity index (χ0v) is 13.3. The number of nitrogens with one attached hydrogen (secondary N) is 1. The van der Waals surface area contributed by atoms with E-state index >= 15 is 0 Å². The van der Waals surface area contributed by atoms with Gasteiger partial charge in [0.1, 0.15) is 0 Å². The van der Waals surface area contributed by atoms with Gasteiger partial charge >= 0.3 is 0 Å². The Morgan fingerprint density at radius 1 is 1.19 bits per heavy atom. The van der Waals surface area contributed by atoms with Crippen LogP contribution in [0.25, 0.3) is 10.9 Å². The minimum Gasteiger partial charge on any atom is -0.361 e. The first kappa shape index (κ1) is 13.4. The average molecular weight is 317 g/mol. The molecule has 1 saturated heterocycles. The summed E-state index contributed by atoms with van der Waals surface area (Å²) in [7, 11) is 0. The molecule has 1 atom stereocenters. The SMILES string of the molecule is Clc1ccc2c(C(c3cccs3)N3CCCC3)c[nH]c2c1. The van der Waals surface area contributed by atoms with E-state index in [9.17, 15) is 0 Å². The van der Waals surface area contributed by atoms with E-state index in [0.29, 0.717) is 6.04 Å². The zero-order valence-electron chi connectivity index (χ0n) is 11.7. The monoisotopic (exact) mass is 316 g/mol. The second-order valence-corrected chi connectivity index (χ2v) is 7.01. The van der Waals surface area contributed by atoms with Gasteiger partial charge in [0.05, 0.1) is 6.04 Å². The lowest BCUT2D eigenvalue weighted by Gasteiger charge is -2.26. The van der Waals surface area contributed by atoms with Crippen LogP contribution in [0.15, 0.2) is 41.9 Å². The van der Waals surface area contributed by atoms with Crippen LogP contribution < -0.4 is 0 Å². The van der Waals surface area contributed by atoms with Crippen LogP contribution in [-0.4, -0.2) is 23.0 Å². The van der Waals surface area contributed by atoms with Gasteiger partial charge in [0.2, 0.25) is 0 Å². The topological polar surface area (TPSA) is 19.0 Å². The van der Waals surface area contributed by atoms with Gasteiger partial charge in [-0.3, -0.25) is 4.90 Å². The third-order valence-electron chi connectivity index (χ3n) is 4.29. The number of rotatable bonds is 3. The van der Waals surface area contributed by atoms with Crippen LogP contribution in [0.3, 0.4) is 0 Å². The van der Waals surface area contributed by atoms with Crippen LogP contribution in [0.4, 0.5) is 0 Å². The molecule has 21 heavy (non-hydrogen) atoms. The second kappa shape index (κ2) is 5.48. The highest BCUT2D eigenvalue weighted by molar-refractivity contribution is 7.10. The van der Waals surface area contributed by atoms with Crippen molar-refractivity contribution in [1.82, 2.24) is 9.88 Å². The van der Waals surface area contributed by atoms with E-state index in [-0.39, 0.29) is 0 Å². The fourth-order valence-corrected chi connectivity index (χ4v) is 4.37. The Bertz CT molecular complexity index is 741. The summed E-state index contributed by atoms with van der Waals surface area (Å²) in [6.45, 7) is 2.37. The van der Waals surface area contributed by atoms with Crippen molar-refractivity contribution in [2.24, 2.45) is 0 Å². The van der Waals surface area contributed by atoms with Gasteiger partial charge in [-0.15, -0.1) is 11.3 Å². The summed E-state index contributed by atoms with van der Waals surface area (Å²) in [5, 5.41) is 4.24. The third-order valence-corrected chi connectivity index (χ3v) is 5.45. The predicted octanol–water partition coefficient (Wildman–Crippen LogP) is 5.07. The largest absolute Gasteiger partial charge is 0.361 e. The van der Waals surface area contributed by atoms with Gasteiger partial charge in [0, 0.05) is 27.0 Å². The maximum atomic E-state index is 6.11. The molecule has 3 aromatic rings. The Balaban J connectivity index is 1.85. The summed E-state index contributed by atoms with van der Waals surface area (Å²) < 4.78 is 0. The van der Waals surface area contributed by atoms with E-state index in [4.69, 9.17) is 11.6 Å². The van der Waals surface area contributed by atoms with E-state index in [2.05, 4.69) is 39.7 Å². The summed E-state index contributed by atoms with van der Waals surface area (Å²) in [6, 6.07) is 10.9. The molecular formula is C17H17ClN2S. The Kier molecular flexibility index (Phi) is 3.49. The third kappa shape index (κ3) is 2.39. The number of aromatic nitrogens is 1. The van der Waals surface area contributed by atoms with Crippen LogP contribution >= 0.6 is 22.9 Å². The summed E-state index contributed by atoms with van der Waals surface area (Å²) in [5.74, 6) is 0. The minimum absolute atomic E-state index is 0.363. The van der Waals surface area contributed by atoms with Crippen molar-refractivity contribution >= 4 is 33.8 Å². The van der Waals surface area contributed by atoms with Crippen LogP contribution in [0, 0.1) is 0 Å². The average Bonchev–Trinajstić information content (AvgIpc) is 3.21. The van der Waals surface area contributed by atoms with Crippen molar-refractivity contribution in [2.45, 2.75) is 18.9 Å². The molecule has 1 aliphatic rings. The standard InChI is InChI=1S/C17H17ClN2S/c18-12-5-6-13-14(11-19-15(13)10-12)17(16-4-3-9-21-16)20-7-1-2-8-20/h3-6,9-11,17,19H,1-2,7-8H2. The zero-order chi connectivity index (χ0) is 14.2. The van der Waals surface area contributed by atoms with E-state index in [1.165, 1.54) is 41.8 Å². The van der Waals surface area contributed by atoms with Crippen molar-refractivity contribution < 1.29 is 0 Å². The molecule has 2 aromatic heterocycles. The molecule has 1 unspecified atom stereocenters. The van der Waals surface area contributed by atoms with Gasteiger partial charge in [0.25, 0.3) is 0 Å². The fourth-order valence-electron chi connectivity index (χ4n) is 3.32. The number of hydrogen-bond donors (Lipinski definition) is 1. The van der Waals surface area contributed by atoms with E-state index in [1.807, 2.05) is 23.5 Å². The summed E-state index contributed by atoms with van der Waals surface area (Å²) in [4.78, 5) is 7.41. The Morgan fingerprint density at radius 2 is 2.05 bits per heavy atom. The lowest BCUT2D eigenvalue weighted by Crippen LogP contribution is -2.25. The highest BCUT2D eigenvalue weighted by Gasteiger charge is 2.27. The van der Waals surface area contributed by atoms with Crippen LogP contribution in [0.2, 0.25) is 5.02 Å². The molecule has 0 amide bonds. The smallest absolute Gasteiger partial charge is 0.0716 e. The second-order valence-electron chi connectivity index (χ2n) is 5.59.